The number of hydrogen-bond acceptors (Lipinski definition) is 5. The Morgan fingerprint density at radius 3 is 2.50 bits per heavy atom. The van der Waals surface area contributed by atoms with Crippen molar-refractivity contribution in [1.82, 2.24) is 0 Å². The van der Waals surface area contributed by atoms with Crippen molar-refractivity contribution in [2.75, 3.05) is 0 Å². The Balaban J connectivity index is 1.33. The lowest BCUT2D eigenvalue weighted by Crippen LogP contribution is -2.22. The first-order valence-electron chi connectivity index (χ1n) is 10.6. The largest absolute Gasteiger partial charge is 0.462 e. The first-order valence-corrected chi connectivity index (χ1v) is 10.6. The van der Waals surface area contributed by atoms with Crippen molar-refractivity contribution in [2.45, 2.75) is 50.6 Å². The zero-order chi connectivity index (χ0) is 20.8. The van der Waals surface area contributed by atoms with E-state index in [0.29, 0.717) is 25.9 Å². The van der Waals surface area contributed by atoms with Crippen molar-refractivity contribution in [3.05, 3.63) is 83.9 Å². The predicted octanol–water partition coefficient (Wildman–Crippen LogP) is 4.00. The molecule has 0 radical (unpaired) electrons. The van der Waals surface area contributed by atoms with Crippen LogP contribution in [-0.4, -0.2) is 29.4 Å². The van der Waals surface area contributed by atoms with Crippen LogP contribution in [0.4, 0.5) is 0 Å². The van der Waals surface area contributed by atoms with Crippen LogP contribution in [0.1, 0.15) is 30.4 Å². The molecule has 4 rings (SSSR count). The third kappa shape index (κ3) is 5.36. The van der Waals surface area contributed by atoms with Gasteiger partial charge in [0.25, 0.3) is 0 Å². The van der Waals surface area contributed by atoms with Crippen molar-refractivity contribution < 1.29 is 24.4 Å². The van der Waals surface area contributed by atoms with E-state index in [4.69, 9.17) is 14.5 Å². The fourth-order valence-electron chi connectivity index (χ4n) is 4.34. The second-order valence-electron chi connectivity index (χ2n) is 8.07. The van der Waals surface area contributed by atoms with E-state index < -0.39 is 6.10 Å². The van der Waals surface area contributed by atoms with Crippen LogP contribution in [0.2, 0.25) is 0 Å². The van der Waals surface area contributed by atoms with Gasteiger partial charge in [-0.15, -0.1) is 0 Å². The Kier molecular flexibility index (Phi) is 6.95. The molecule has 0 amide bonds. The molecule has 158 valence electrons. The smallest absolute Gasteiger partial charge is 0.306 e. The summed E-state index contributed by atoms with van der Waals surface area (Å²) >= 11 is 0. The standard InChI is InChI=1S/C25H28O5/c26-20(12-11-18-7-3-1-4-8-18)13-14-21-22-15-25(27)29-23(22)16-24(21)30-28-17-19-9-5-2-6-10-19/h1-10,13-14,20-24,26H,11-12,15-17H2/t20-,21+,22+,23-,24+/m0/s1. The molecule has 0 unspecified atom stereocenters. The van der Waals surface area contributed by atoms with Crippen LogP contribution in [0.15, 0.2) is 72.8 Å². The zero-order valence-corrected chi connectivity index (χ0v) is 16.9. The molecule has 2 aromatic rings. The summed E-state index contributed by atoms with van der Waals surface area (Å²) in [6, 6.07) is 20.0. The summed E-state index contributed by atoms with van der Waals surface area (Å²) in [5.41, 5.74) is 2.24. The second kappa shape index (κ2) is 10.0. The highest BCUT2D eigenvalue weighted by molar-refractivity contribution is 5.72. The molecule has 0 spiro atoms. The molecule has 1 N–H and O–H groups in total. The molecular weight excluding hydrogens is 380 g/mol. The molecule has 5 heteroatoms. The van der Waals surface area contributed by atoms with E-state index in [1.807, 2.05) is 60.7 Å². The quantitative estimate of drug-likeness (QED) is 0.294. The minimum Gasteiger partial charge on any atom is -0.462 e. The number of benzene rings is 2. The molecule has 1 saturated heterocycles. The number of carbonyl (C=O) groups excluding carboxylic acids is 1. The van der Waals surface area contributed by atoms with Gasteiger partial charge in [0, 0.05) is 18.3 Å². The Bertz CT molecular complexity index is 835. The maximum Gasteiger partial charge on any atom is 0.306 e. The summed E-state index contributed by atoms with van der Waals surface area (Å²) < 4.78 is 5.45. The van der Waals surface area contributed by atoms with Crippen molar-refractivity contribution in [1.29, 1.82) is 0 Å². The SMILES string of the molecule is O=C1C[C@@H]2[C@@H](C=C[C@@H](O)CCc3ccccc3)[C@H](OOCc3ccccc3)C[C@@H]2O1. The summed E-state index contributed by atoms with van der Waals surface area (Å²) in [5.74, 6) is -0.110. The maximum atomic E-state index is 11.7. The molecule has 2 fully saturated rings. The van der Waals surface area contributed by atoms with Crippen molar-refractivity contribution >= 4 is 5.97 Å². The summed E-state index contributed by atoms with van der Waals surface area (Å²) in [5, 5.41) is 10.4. The Hall–Kier alpha value is -2.47. The maximum absolute atomic E-state index is 11.7. The molecule has 1 aliphatic carbocycles. The number of aryl methyl sites for hydroxylation is 1. The average Bonchev–Trinajstić information content (AvgIpc) is 3.28. The minimum absolute atomic E-state index is 0.0244. The molecule has 1 heterocycles. The van der Waals surface area contributed by atoms with Crippen LogP contribution >= 0.6 is 0 Å². The van der Waals surface area contributed by atoms with Crippen LogP contribution in [0, 0.1) is 11.8 Å². The highest BCUT2D eigenvalue weighted by Gasteiger charge is 2.50. The van der Waals surface area contributed by atoms with E-state index >= 15 is 0 Å². The van der Waals surface area contributed by atoms with E-state index in [0.717, 1.165) is 12.0 Å². The average molecular weight is 408 g/mol. The molecule has 1 aliphatic heterocycles. The van der Waals surface area contributed by atoms with Crippen LogP contribution < -0.4 is 0 Å². The molecule has 5 atom stereocenters. The number of aliphatic hydroxyl groups is 1. The molecule has 2 aromatic carbocycles. The van der Waals surface area contributed by atoms with Crippen molar-refractivity contribution in [3.8, 4) is 0 Å². The van der Waals surface area contributed by atoms with Gasteiger partial charge in [0.2, 0.25) is 0 Å². The summed E-state index contributed by atoms with van der Waals surface area (Å²) in [4.78, 5) is 23.0. The monoisotopic (exact) mass is 408 g/mol. The van der Waals surface area contributed by atoms with Crippen molar-refractivity contribution in [3.63, 3.8) is 0 Å². The molecule has 1 saturated carbocycles. The molecular formula is C25H28O5. The molecule has 0 bridgehead atoms. The second-order valence-corrected chi connectivity index (χ2v) is 8.07. The Morgan fingerprint density at radius 2 is 1.77 bits per heavy atom. The van der Waals surface area contributed by atoms with Gasteiger partial charge in [-0.2, -0.15) is 0 Å². The normalized spacial score (nSPS) is 26.6. The fraction of sp³-hybridized carbons (Fsp3) is 0.400. The Morgan fingerprint density at radius 1 is 1.07 bits per heavy atom. The third-order valence-corrected chi connectivity index (χ3v) is 5.94. The fourth-order valence-corrected chi connectivity index (χ4v) is 4.34. The van der Waals surface area contributed by atoms with Crippen LogP contribution in [0.3, 0.4) is 0 Å². The van der Waals surface area contributed by atoms with E-state index in [1.165, 1.54) is 5.56 Å². The lowest BCUT2D eigenvalue weighted by Gasteiger charge is -2.19. The first-order chi connectivity index (χ1) is 14.7. The topological polar surface area (TPSA) is 65.0 Å². The molecule has 30 heavy (non-hydrogen) atoms. The van der Waals surface area contributed by atoms with Gasteiger partial charge in [-0.05, 0) is 24.0 Å². The first kappa shape index (κ1) is 20.8. The Labute approximate surface area is 177 Å². The van der Waals surface area contributed by atoms with Crippen LogP contribution in [0.5, 0.6) is 0 Å². The van der Waals surface area contributed by atoms with Gasteiger partial charge in [-0.1, -0.05) is 72.8 Å². The molecule has 0 aromatic heterocycles. The number of rotatable bonds is 9. The van der Waals surface area contributed by atoms with Gasteiger partial charge in [0.1, 0.15) is 18.8 Å². The highest BCUT2D eigenvalue weighted by atomic mass is 17.2. The van der Waals surface area contributed by atoms with Gasteiger partial charge >= 0.3 is 5.97 Å². The summed E-state index contributed by atoms with van der Waals surface area (Å²) in [7, 11) is 0. The number of ether oxygens (including phenoxy) is 1. The van der Waals surface area contributed by atoms with E-state index in [2.05, 4.69) is 12.1 Å². The number of carbonyl (C=O) groups is 1. The van der Waals surface area contributed by atoms with Crippen LogP contribution in [-0.2, 0) is 32.3 Å². The summed E-state index contributed by atoms with van der Waals surface area (Å²) in [6.07, 6.45) is 5.38. The van der Waals surface area contributed by atoms with Gasteiger partial charge in [0.05, 0.1) is 12.5 Å². The van der Waals surface area contributed by atoms with Gasteiger partial charge in [-0.3, -0.25) is 4.79 Å². The predicted molar refractivity (Wildman–Crippen MR) is 112 cm³/mol. The number of aliphatic hydroxyl groups excluding tert-OH is 1. The van der Waals surface area contributed by atoms with Gasteiger partial charge in [0.15, 0.2) is 0 Å². The van der Waals surface area contributed by atoms with Gasteiger partial charge < -0.3 is 9.84 Å². The lowest BCUT2D eigenvalue weighted by molar-refractivity contribution is -0.337. The summed E-state index contributed by atoms with van der Waals surface area (Å²) in [6.45, 7) is 0.364. The number of hydrogen-bond donors (Lipinski definition) is 1. The van der Waals surface area contributed by atoms with Gasteiger partial charge in [-0.25, -0.2) is 9.78 Å². The zero-order valence-electron chi connectivity index (χ0n) is 16.9. The lowest BCUT2D eigenvalue weighted by atomic mass is 9.91. The number of esters is 1. The highest BCUT2D eigenvalue weighted by Crippen LogP contribution is 2.43. The molecule has 2 aliphatic rings. The third-order valence-electron chi connectivity index (χ3n) is 5.94. The van der Waals surface area contributed by atoms with E-state index in [9.17, 15) is 9.90 Å². The van der Waals surface area contributed by atoms with Crippen LogP contribution in [0.25, 0.3) is 0 Å². The number of fused-ring (bicyclic) bond motifs is 1. The molecule has 5 nitrogen and oxygen atoms in total. The van der Waals surface area contributed by atoms with E-state index in [1.54, 1.807) is 0 Å². The minimum atomic E-state index is -0.548. The van der Waals surface area contributed by atoms with Crippen molar-refractivity contribution in [2.24, 2.45) is 11.8 Å². The van der Waals surface area contributed by atoms with E-state index in [-0.39, 0.29) is 30.0 Å².